The van der Waals surface area contributed by atoms with Crippen LogP contribution in [0, 0.1) is 23.3 Å². The molecule has 0 amide bonds. The maximum absolute atomic E-state index is 15.1. The molecule has 0 aliphatic rings. The first-order valence-corrected chi connectivity index (χ1v) is 10.2. The van der Waals surface area contributed by atoms with Crippen molar-refractivity contribution in [2.45, 2.75) is 11.5 Å². The van der Waals surface area contributed by atoms with Gasteiger partial charge < -0.3 is 14.8 Å². The number of aliphatic hydroxyl groups excluding tert-OH is 1. The fraction of sp³-hybridized carbons (Fsp3) is 0.0476. The van der Waals surface area contributed by atoms with Gasteiger partial charge in [0.2, 0.25) is 5.78 Å². The third-order valence-electron chi connectivity index (χ3n) is 4.61. The van der Waals surface area contributed by atoms with Crippen molar-refractivity contribution in [2.24, 2.45) is 0 Å². The summed E-state index contributed by atoms with van der Waals surface area (Å²) in [5.74, 6) is -4.81. The normalized spacial score (nSPS) is 11.2. The number of carbonyl (C=O) groups is 1. The molecule has 0 fully saturated rings. The van der Waals surface area contributed by atoms with Crippen LogP contribution in [-0.4, -0.2) is 20.9 Å². The van der Waals surface area contributed by atoms with E-state index < -0.39 is 41.2 Å². The number of aromatic amines is 1. The van der Waals surface area contributed by atoms with Crippen LogP contribution in [0.1, 0.15) is 21.5 Å². The molecule has 164 valence electrons. The molecule has 0 bridgehead atoms. The predicted octanol–water partition coefficient (Wildman–Crippen LogP) is 5.62. The maximum atomic E-state index is 15.1. The lowest BCUT2D eigenvalue weighted by atomic mass is 10.0. The molecule has 0 aliphatic carbocycles. The average Bonchev–Trinajstić information content (AvgIpc) is 3.21. The topological polar surface area (TPSA) is 78.0 Å². The van der Waals surface area contributed by atoms with Gasteiger partial charge in [-0.1, -0.05) is 11.6 Å². The molecule has 0 radical (unpaired) electrons. The molecule has 0 saturated carbocycles. The minimum Gasteiger partial charge on any atom is -0.392 e. The van der Waals surface area contributed by atoms with Gasteiger partial charge in [-0.3, -0.25) is 4.79 Å². The Morgan fingerprint density at radius 1 is 1.16 bits per heavy atom. The molecule has 0 saturated heterocycles. The second-order valence-electron chi connectivity index (χ2n) is 6.57. The minimum absolute atomic E-state index is 0.0225. The number of H-pyrrole nitrogens is 1. The Balaban J connectivity index is 1.72. The minimum atomic E-state index is -1.23. The van der Waals surface area contributed by atoms with Crippen LogP contribution >= 0.6 is 23.5 Å². The number of nitrogens with zero attached hydrogens (tertiary/aromatic N) is 1. The molecule has 4 aromatic rings. The second kappa shape index (κ2) is 8.81. The summed E-state index contributed by atoms with van der Waals surface area (Å²) in [4.78, 5) is 19.6. The summed E-state index contributed by atoms with van der Waals surface area (Å²) in [5.41, 5.74) is -0.905. The standard InChI is InChI=1S/C21H12ClF4N3O2S/c22-18-9(8-30)6-27-21-16(18)11(7-28-21)20(31)17-13(25)3-4-14(19(17)26)29-32-15-5-10(23)1-2-12(15)24/h1-7,29-30H,8H2,(H,27,28). The summed E-state index contributed by atoms with van der Waals surface area (Å²) >= 11 is 6.79. The lowest BCUT2D eigenvalue weighted by molar-refractivity contribution is 0.103. The summed E-state index contributed by atoms with van der Waals surface area (Å²) in [6.45, 7) is -0.448. The zero-order valence-electron chi connectivity index (χ0n) is 15.8. The fourth-order valence-electron chi connectivity index (χ4n) is 3.02. The molecule has 2 heterocycles. The average molecular weight is 482 g/mol. The Morgan fingerprint density at radius 3 is 2.66 bits per heavy atom. The van der Waals surface area contributed by atoms with Gasteiger partial charge in [-0.2, -0.15) is 0 Å². The number of nitrogens with one attached hydrogen (secondary N) is 2. The molecule has 3 N–H and O–H groups in total. The van der Waals surface area contributed by atoms with E-state index in [0.717, 1.165) is 30.3 Å². The van der Waals surface area contributed by atoms with Crippen LogP contribution in [0.5, 0.6) is 0 Å². The number of pyridine rings is 1. The number of carbonyl (C=O) groups excluding carboxylic acids is 1. The van der Waals surface area contributed by atoms with E-state index in [2.05, 4.69) is 14.7 Å². The largest absolute Gasteiger partial charge is 0.392 e. The third-order valence-corrected chi connectivity index (χ3v) is 5.89. The van der Waals surface area contributed by atoms with Crippen molar-refractivity contribution in [3.05, 3.63) is 87.7 Å². The number of rotatable bonds is 6. The van der Waals surface area contributed by atoms with Crippen LogP contribution in [0.4, 0.5) is 23.2 Å². The molecule has 11 heteroatoms. The molecule has 2 aromatic heterocycles. The van der Waals surface area contributed by atoms with E-state index in [0.29, 0.717) is 11.9 Å². The second-order valence-corrected chi connectivity index (χ2v) is 7.80. The van der Waals surface area contributed by atoms with Gasteiger partial charge in [0, 0.05) is 23.3 Å². The SMILES string of the molecule is O=C(c1c(F)ccc(NSc2cc(F)ccc2F)c1F)c1c[nH]c2ncc(CO)c(Cl)c12. The van der Waals surface area contributed by atoms with Gasteiger partial charge in [-0.25, -0.2) is 22.5 Å². The molecule has 0 unspecified atom stereocenters. The van der Waals surface area contributed by atoms with Crippen molar-refractivity contribution in [3.8, 4) is 0 Å². The summed E-state index contributed by atoms with van der Waals surface area (Å²) in [7, 11) is 0. The van der Waals surface area contributed by atoms with Gasteiger partial charge in [-0.05, 0) is 42.3 Å². The predicted molar refractivity (Wildman–Crippen MR) is 113 cm³/mol. The zero-order valence-corrected chi connectivity index (χ0v) is 17.4. The van der Waals surface area contributed by atoms with Crippen molar-refractivity contribution in [2.75, 3.05) is 4.72 Å². The van der Waals surface area contributed by atoms with Crippen LogP contribution in [0.25, 0.3) is 11.0 Å². The first kappa shape index (κ1) is 22.1. The van der Waals surface area contributed by atoms with Crippen molar-refractivity contribution in [1.82, 2.24) is 9.97 Å². The summed E-state index contributed by atoms with van der Waals surface area (Å²) in [6, 6.07) is 4.64. The van der Waals surface area contributed by atoms with Crippen molar-refractivity contribution in [3.63, 3.8) is 0 Å². The molecular weight excluding hydrogens is 470 g/mol. The Hall–Kier alpha value is -3.08. The van der Waals surface area contributed by atoms with Gasteiger partial charge >= 0.3 is 0 Å². The van der Waals surface area contributed by atoms with Gasteiger partial charge in [0.25, 0.3) is 0 Å². The summed E-state index contributed by atoms with van der Waals surface area (Å²) < 4.78 is 59.2. The Labute approximate surface area is 187 Å². The molecule has 2 aromatic carbocycles. The molecule has 0 aliphatic heterocycles. The Morgan fingerprint density at radius 2 is 1.91 bits per heavy atom. The van der Waals surface area contributed by atoms with Crippen LogP contribution in [0.2, 0.25) is 5.02 Å². The molecule has 4 rings (SSSR count). The third kappa shape index (κ3) is 3.92. The van der Waals surface area contributed by atoms with Crippen LogP contribution in [0.15, 0.2) is 47.6 Å². The van der Waals surface area contributed by atoms with E-state index in [1.165, 1.54) is 12.4 Å². The van der Waals surface area contributed by atoms with E-state index in [9.17, 15) is 23.1 Å². The van der Waals surface area contributed by atoms with Gasteiger partial charge in [-0.15, -0.1) is 0 Å². The number of aliphatic hydroxyl groups is 1. The Kier molecular flexibility index (Phi) is 6.09. The first-order valence-electron chi connectivity index (χ1n) is 8.97. The summed E-state index contributed by atoms with van der Waals surface area (Å²) in [6.07, 6.45) is 2.52. The highest BCUT2D eigenvalue weighted by molar-refractivity contribution is 8.00. The monoisotopic (exact) mass is 481 g/mol. The summed E-state index contributed by atoms with van der Waals surface area (Å²) in [5, 5.41) is 9.51. The number of benzene rings is 2. The molecular formula is C21H12ClF4N3O2S. The van der Waals surface area contributed by atoms with Gasteiger partial charge in [0.05, 0.1) is 33.3 Å². The lowest BCUT2D eigenvalue weighted by Crippen LogP contribution is -2.09. The van der Waals surface area contributed by atoms with Gasteiger partial charge in [0.15, 0.2) is 5.82 Å². The van der Waals surface area contributed by atoms with Crippen molar-refractivity contribution >= 4 is 46.1 Å². The van der Waals surface area contributed by atoms with E-state index in [1.54, 1.807) is 0 Å². The van der Waals surface area contributed by atoms with E-state index in [-0.39, 0.29) is 37.8 Å². The fourth-order valence-corrected chi connectivity index (χ4v) is 4.04. The molecule has 0 atom stereocenters. The van der Waals surface area contributed by atoms with Crippen molar-refractivity contribution in [1.29, 1.82) is 0 Å². The zero-order chi connectivity index (χ0) is 23.0. The van der Waals surface area contributed by atoms with Crippen LogP contribution < -0.4 is 4.72 Å². The highest BCUT2D eigenvalue weighted by Gasteiger charge is 2.26. The van der Waals surface area contributed by atoms with Crippen LogP contribution in [-0.2, 0) is 6.61 Å². The number of halogens is 5. The highest BCUT2D eigenvalue weighted by Crippen LogP contribution is 2.33. The Bertz CT molecular complexity index is 1360. The number of ketones is 1. The maximum Gasteiger partial charge on any atom is 0.201 e. The van der Waals surface area contributed by atoms with Crippen molar-refractivity contribution < 1.29 is 27.5 Å². The first-order chi connectivity index (χ1) is 15.3. The van der Waals surface area contributed by atoms with E-state index in [4.69, 9.17) is 11.6 Å². The van der Waals surface area contributed by atoms with E-state index >= 15 is 4.39 Å². The number of hydrogen-bond donors (Lipinski definition) is 3. The number of aromatic nitrogens is 2. The van der Waals surface area contributed by atoms with Crippen LogP contribution in [0.3, 0.4) is 0 Å². The molecule has 32 heavy (non-hydrogen) atoms. The quantitative estimate of drug-likeness (QED) is 0.189. The number of anilines is 1. The smallest absolute Gasteiger partial charge is 0.201 e. The van der Waals surface area contributed by atoms with Gasteiger partial charge in [0.1, 0.15) is 23.1 Å². The highest BCUT2D eigenvalue weighted by atomic mass is 35.5. The molecule has 0 spiro atoms. The lowest BCUT2D eigenvalue weighted by Gasteiger charge is -2.11. The van der Waals surface area contributed by atoms with E-state index in [1.807, 2.05) is 0 Å². The molecule has 5 nitrogen and oxygen atoms in total. The number of hydrogen-bond acceptors (Lipinski definition) is 5. The number of fused-ring (bicyclic) bond motifs is 1.